The predicted molar refractivity (Wildman–Crippen MR) is 59.0 cm³/mol. The zero-order valence-electron chi connectivity index (χ0n) is 9.18. The van der Waals surface area contributed by atoms with Gasteiger partial charge in [-0.25, -0.2) is 4.39 Å². The molecule has 1 fully saturated rings. The number of rotatable bonds is 4. The van der Waals surface area contributed by atoms with Crippen LogP contribution in [0.5, 0.6) is 0 Å². The van der Waals surface area contributed by atoms with Crippen LogP contribution in [0, 0.1) is 5.92 Å². The first-order chi connectivity index (χ1) is 7.34. The molecule has 0 aromatic heterocycles. The molecule has 2 heteroatoms. The maximum absolute atomic E-state index is 12.9. The number of hydrogen-bond donors (Lipinski definition) is 0. The summed E-state index contributed by atoms with van der Waals surface area (Å²) in [7, 11) is 0. The van der Waals surface area contributed by atoms with Crippen molar-refractivity contribution in [3.05, 3.63) is 23.7 Å². The van der Waals surface area contributed by atoms with E-state index in [1.807, 2.05) is 6.08 Å². The Balaban J connectivity index is 1.63. The Morgan fingerprint density at radius 1 is 1.27 bits per heavy atom. The van der Waals surface area contributed by atoms with Crippen molar-refractivity contribution in [1.29, 1.82) is 0 Å². The molecule has 0 aromatic rings. The van der Waals surface area contributed by atoms with Gasteiger partial charge < -0.3 is 4.74 Å². The quantitative estimate of drug-likeness (QED) is 0.678. The number of halogens is 1. The minimum Gasteiger partial charge on any atom is -0.498 e. The van der Waals surface area contributed by atoms with Gasteiger partial charge in [0, 0.05) is 0 Å². The lowest BCUT2D eigenvalue weighted by Crippen LogP contribution is -2.03. The molecule has 1 saturated carbocycles. The molecule has 15 heavy (non-hydrogen) atoms. The largest absolute Gasteiger partial charge is 0.498 e. The Kier molecular flexibility index (Phi) is 3.81. The summed E-state index contributed by atoms with van der Waals surface area (Å²) in [5, 5.41) is 0. The average Bonchev–Trinajstić information content (AvgIpc) is 2.71. The highest BCUT2D eigenvalue weighted by Gasteiger charge is 2.15. The molecule has 0 radical (unpaired) electrons. The highest BCUT2D eigenvalue weighted by atomic mass is 19.1. The molecule has 2 rings (SSSR count). The molecule has 0 aliphatic heterocycles. The third-order valence-corrected chi connectivity index (χ3v) is 3.32. The predicted octanol–water partition coefficient (Wildman–Crippen LogP) is 4.11. The van der Waals surface area contributed by atoms with Crippen LogP contribution in [0.4, 0.5) is 4.39 Å². The van der Waals surface area contributed by atoms with Gasteiger partial charge >= 0.3 is 0 Å². The fourth-order valence-electron chi connectivity index (χ4n) is 2.39. The topological polar surface area (TPSA) is 9.23 Å². The van der Waals surface area contributed by atoms with E-state index in [9.17, 15) is 4.39 Å². The van der Waals surface area contributed by atoms with Gasteiger partial charge in [-0.1, -0.05) is 25.7 Å². The summed E-state index contributed by atoms with van der Waals surface area (Å²) in [4.78, 5) is 0. The summed E-state index contributed by atoms with van der Waals surface area (Å²) in [6.45, 7) is 0.768. The molecule has 0 amide bonds. The molecule has 0 bridgehead atoms. The summed E-state index contributed by atoms with van der Waals surface area (Å²) < 4.78 is 18.5. The maximum atomic E-state index is 12.9. The van der Waals surface area contributed by atoms with Crippen LogP contribution in [0.25, 0.3) is 0 Å². The van der Waals surface area contributed by atoms with Crippen LogP contribution < -0.4 is 0 Å². The normalized spacial score (nSPS) is 22.5. The van der Waals surface area contributed by atoms with E-state index in [-0.39, 0.29) is 5.83 Å². The van der Waals surface area contributed by atoms with Gasteiger partial charge in [-0.2, -0.15) is 0 Å². The van der Waals surface area contributed by atoms with Crippen molar-refractivity contribution in [2.75, 3.05) is 6.61 Å². The van der Waals surface area contributed by atoms with Crippen LogP contribution in [0.1, 0.15) is 44.9 Å². The molecule has 2 aliphatic carbocycles. The van der Waals surface area contributed by atoms with Crippen LogP contribution in [-0.4, -0.2) is 6.61 Å². The minimum atomic E-state index is -0.0478. The van der Waals surface area contributed by atoms with E-state index in [1.54, 1.807) is 6.08 Å². The second-order valence-electron chi connectivity index (χ2n) is 4.52. The Labute approximate surface area is 91.0 Å². The number of hydrogen-bond acceptors (Lipinski definition) is 1. The molecule has 0 atom stereocenters. The van der Waals surface area contributed by atoms with Crippen molar-refractivity contribution in [2.45, 2.75) is 44.9 Å². The van der Waals surface area contributed by atoms with Crippen LogP contribution >= 0.6 is 0 Å². The highest BCUT2D eigenvalue weighted by molar-refractivity contribution is 5.13. The Morgan fingerprint density at radius 2 is 2.07 bits per heavy atom. The van der Waals surface area contributed by atoms with Crippen molar-refractivity contribution in [3.63, 3.8) is 0 Å². The van der Waals surface area contributed by atoms with Crippen LogP contribution in [-0.2, 0) is 4.74 Å². The van der Waals surface area contributed by atoms with Crippen molar-refractivity contribution in [1.82, 2.24) is 0 Å². The van der Waals surface area contributed by atoms with E-state index in [2.05, 4.69) is 0 Å². The molecule has 1 nitrogen and oxygen atoms in total. The lowest BCUT2D eigenvalue weighted by atomic mass is 10.1. The van der Waals surface area contributed by atoms with E-state index in [1.165, 1.54) is 25.7 Å². The van der Waals surface area contributed by atoms with Crippen molar-refractivity contribution >= 4 is 0 Å². The van der Waals surface area contributed by atoms with Gasteiger partial charge in [0.1, 0.15) is 5.83 Å². The first-order valence-corrected chi connectivity index (χ1v) is 6.01. The summed E-state index contributed by atoms with van der Waals surface area (Å²) in [6.07, 6.45) is 11.3. The third kappa shape index (κ3) is 3.37. The summed E-state index contributed by atoms with van der Waals surface area (Å²) in [5.74, 6) is 1.64. The minimum absolute atomic E-state index is 0.0478. The second kappa shape index (κ2) is 5.34. The van der Waals surface area contributed by atoms with E-state index < -0.39 is 0 Å². The van der Waals surface area contributed by atoms with Gasteiger partial charge in [0.2, 0.25) is 0 Å². The first kappa shape index (κ1) is 10.7. The molecular weight excluding hydrogens is 191 g/mol. The average molecular weight is 210 g/mol. The standard InChI is InChI=1S/C13H19FO/c14-12-6-3-7-13(10-12)15-9-8-11-4-1-2-5-11/h6-7,11H,1-5,8-10H2. The van der Waals surface area contributed by atoms with Crippen LogP contribution in [0.2, 0.25) is 0 Å². The smallest absolute Gasteiger partial charge is 0.104 e. The van der Waals surface area contributed by atoms with E-state index in [0.29, 0.717) is 12.8 Å². The van der Waals surface area contributed by atoms with Gasteiger partial charge in [0.25, 0.3) is 0 Å². The van der Waals surface area contributed by atoms with Gasteiger partial charge in [0.15, 0.2) is 0 Å². The molecule has 84 valence electrons. The Hall–Kier alpha value is -0.790. The molecule has 0 aromatic carbocycles. The van der Waals surface area contributed by atoms with E-state index >= 15 is 0 Å². The SMILES string of the molecule is FC1=CCC=C(OCCC2CCCC2)C1. The zero-order chi connectivity index (χ0) is 10.5. The highest BCUT2D eigenvalue weighted by Crippen LogP contribution is 2.28. The van der Waals surface area contributed by atoms with Gasteiger partial charge in [-0.05, 0) is 30.9 Å². The number of ether oxygens (including phenoxy) is 1. The second-order valence-corrected chi connectivity index (χ2v) is 4.52. The van der Waals surface area contributed by atoms with Crippen molar-refractivity contribution in [3.8, 4) is 0 Å². The van der Waals surface area contributed by atoms with Crippen LogP contribution in [0.3, 0.4) is 0 Å². The van der Waals surface area contributed by atoms with Crippen LogP contribution in [0.15, 0.2) is 23.7 Å². The lowest BCUT2D eigenvalue weighted by molar-refractivity contribution is 0.181. The van der Waals surface area contributed by atoms with E-state index in [0.717, 1.165) is 24.7 Å². The summed E-state index contributed by atoms with van der Waals surface area (Å²) in [5.41, 5.74) is 0. The zero-order valence-corrected chi connectivity index (χ0v) is 9.18. The third-order valence-electron chi connectivity index (χ3n) is 3.32. The molecule has 0 saturated heterocycles. The number of allylic oxidation sites excluding steroid dienone is 3. The molecule has 0 heterocycles. The van der Waals surface area contributed by atoms with Crippen molar-refractivity contribution < 1.29 is 9.13 Å². The van der Waals surface area contributed by atoms with Gasteiger partial charge in [-0.15, -0.1) is 0 Å². The molecule has 0 unspecified atom stereocenters. The van der Waals surface area contributed by atoms with Gasteiger partial charge in [-0.3, -0.25) is 0 Å². The van der Waals surface area contributed by atoms with E-state index in [4.69, 9.17) is 4.74 Å². The molecular formula is C13H19FO. The Bertz CT molecular complexity index is 262. The van der Waals surface area contributed by atoms with Crippen molar-refractivity contribution in [2.24, 2.45) is 5.92 Å². The fraction of sp³-hybridized carbons (Fsp3) is 0.692. The Morgan fingerprint density at radius 3 is 2.80 bits per heavy atom. The lowest BCUT2D eigenvalue weighted by Gasteiger charge is -2.14. The maximum Gasteiger partial charge on any atom is 0.104 e. The molecule has 0 spiro atoms. The monoisotopic (exact) mass is 210 g/mol. The molecule has 2 aliphatic rings. The summed E-state index contributed by atoms with van der Waals surface area (Å²) >= 11 is 0. The summed E-state index contributed by atoms with van der Waals surface area (Å²) in [6, 6.07) is 0. The first-order valence-electron chi connectivity index (χ1n) is 6.01. The fourth-order valence-corrected chi connectivity index (χ4v) is 2.39. The molecule has 0 N–H and O–H groups in total. The van der Waals surface area contributed by atoms with Gasteiger partial charge in [0.05, 0.1) is 18.8 Å².